The van der Waals surface area contributed by atoms with E-state index in [2.05, 4.69) is 4.74 Å². The lowest BCUT2D eigenvalue weighted by Gasteiger charge is -2.27. The van der Waals surface area contributed by atoms with E-state index in [9.17, 15) is 45.1 Å². The molecule has 0 bridgehead atoms. The molecule has 0 radical (unpaired) electrons. The van der Waals surface area contributed by atoms with Crippen LogP contribution in [-0.4, -0.2) is 36.9 Å². The molecular formula is C20H15ClF7N3O4. The number of alkyl halides is 6. The predicted molar refractivity (Wildman–Crippen MR) is 110 cm³/mol. The Morgan fingerprint density at radius 2 is 1.63 bits per heavy atom. The van der Waals surface area contributed by atoms with E-state index in [1.807, 2.05) is 5.32 Å². The summed E-state index contributed by atoms with van der Waals surface area (Å²) in [4.78, 5) is 35.3. The lowest BCUT2D eigenvalue weighted by Crippen LogP contribution is -2.41. The quantitative estimate of drug-likeness (QED) is 0.474. The molecule has 7 nitrogen and oxygen atoms in total. The maximum absolute atomic E-state index is 14.5. The molecule has 0 saturated carbocycles. The van der Waals surface area contributed by atoms with Crippen LogP contribution in [0.15, 0.2) is 36.4 Å². The van der Waals surface area contributed by atoms with Crippen LogP contribution in [0.1, 0.15) is 12.5 Å². The molecule has 2 aromatic carbocycles. The van der Waals surface area contributed by atoms with E-state index in [1.54, 1.807) is 0 Å². The van der Waals surface area contributed by atoms with Gasteiger partial charge in [0.2, 0.25) is 0 Å². The average molecular weight is 530 g/mol. The molecule has 2 aromatic rings. The van der Waals surface area contributed by atoms with Crippen molar-refractivity contribution in [3.8, 4) is 0 Å². The molecule has 0 aliphatic heterocycles. The zero-order valence-corrected chi connectivity index (χ0v) is 18.2. The van der Waals surface area contributed by atoms with Gasteiger partial charge in [-0.2, -0.15) is 26.3 Å². The topological polar surface area (TPSA) is 87.7 Å². The van der Waals surface area contributed by atoms with E-state index in [4.69, 9.17) is 11.6 Å². The molecule has 0 aliphatic rings. The Morgan fingerprint density at radius 1 is 0.971 bits per heavy atom. The van der Waals surface area contributed by atoms with Crippen LogP contribution in [0.25, 0.3) is 0 Å². The van der Waals surface area contributed by atoms with Crippen LogP contribution in [0.3, 0.4) is 0 Å². The molecule has 0 aliphatic carbocycles. The number of nitrogens with one attached hydrogen (secondary N) is 2. The van der Waals surface area contributed by atoms with Crippen molar-refractivity contribution in [2.75, 3.05) is 22.1 Å². The van der Waals surface area contributed by atoms with Crippen molar-refractivity contribution >= 4 is 46.6 Å². The molecule has 35 heavy (non-hydrogen) atoms. The van der Waals surface area contributed by atoms with Crippen LogP contribution in [0.4, 0.5) is 52.6 Å². The Kier molecular flexibility index (Phi) is 8.55. The van der Waals surface area contributed by atoms with Gasteiger partial charge in [0.15, 0.2) is 0 Å². The van der Waals surface area contributed by atoms with Crippen LogP contribution in [-0.2, 0) is 20.9 Å². The number of carbonyl (C=O) groups excluding carboxylic acids is 3. The number of anilines is 3. The van der Waals surface area contributed by atoms with E-state index in [1.165, 1.54) is 36.5 Å². The molecule has 2 N–H and O–H groups in total. The van der Waals surface area contributed by atoms with Crippen molar-refractivity contribution in [3.63, 3.8) is 0 Å². The largest absolute Gasteiger partial charge is 0.471 e. The van der Waals surface area contributed by atoms with Crippen molar-refractivity contribution < 1.29 is 49.9 Å². The van der Waals surface area contributed by atoms with Gasteiger partial charge < -0.3 is 10.1 Å². The molecule has 0 fully saturated rings. The summed E-state index contributed by atoms with van der Waals surface area (Å²) in [6, 6.07) is 5.81. The van der Waals surface area contributed by atoms with Crippen LogP contribution >= 0.6 is 11.6 Å². The number of carbonyl (C=O) groups is 3. The zero-order valence-electron chi connectivity index (χ0n) is 17.5. The summed E-state index contributed by atoms with van der Waals surface area (Å²) in [7, 11) is 0. The van der Waals surface area contributed by atoms with Gasteiger partial charge in [-0.25, -0.2) is 9.18 Å². The van der Waals surface area contributed by atoms with E-state index in [0.29, 0.717) is 6.07 Å². The van der Waals surface area contributed by atoms with E-state index in [0.717, 1.165) is 0 Å². The number of hydrogen-bond donors (Lipinski definition) is 2. The van der Waals surface area contributed by atoms with Crippen LogP contribution in [0.2, 0.25) is 5.02 Å². The molecule has 3 amide bonds. The van der Waals surface area contributed by atoms with Crippen LogP contribution < -0.4 is 15.5 Å². The number of hydrogen-bond acceptors (Lipinski definition) is 4. The average Bonchev–Trinajstić information content (AvgIpc) is 2.72. The first-order chi connectivity index (χ1) is 16.1. The molecule has 0 unspecified atom stereocenters. The molecule has 0 spiro atoms. The number of nitrogens with zero attached hydrogens (tertiary/aromatic N) is 1. The summed E-state index contributed by atoms with van der Waals surface area (Å²) in [5, 5.41) is 3.17. The van der Waals surface area contributed by atoms with Gasteiger partial charge in [0.25, 0.3) is 0 Å². The first-order valence-electron chi connectivity index (χ1n) is 9.42. The van der Waals surface area contributed by atoms with Crippen molar-refractivity contribution in [1.82, 2.24) is 0 Å². The molecule has 0 saturated heterocycles. The Balaban J connectivity index is 2.70. The van der Waals surface area contributed by atoms with Gasteiger partial charge in [-0.05, 0) is 30.7 Å². The minimum absolute atomic E-state index is 0.00687. The Labute approximate surface area is 197 Å². The highest BCUT2D eigenvalue weighted by atomic mass is 35.5. The van der Waals surface area contributed by atoms with Gasteiger partial charge in [0, 0.05) is 11.1 Å². The summed E-state index contributed by atoms with van der Waals surface area (Å²) >= 11 is 5.81. The molecule has 0 atom stereocenters. The SMILES string of the molecule is CCOC(=O)Nc1cc(N(Cc2cccc(Cl)c2)C(=O)C(F)(F)F)c(NC(=O)C(F)(F)F)cc1F. The fourth-order valence-electron chi connectivity index (χ4n) is 2.69. The normalized spacial score (nSPS) is 11.6. The summed E-state index contributed by atoms with van der Waals surface area (Å²) < 4.78 is 97.6. The highest BCUT2D eigenvalue weighted by Gasteiger charge is 2.45. The fraction of sp³-hybridized carbons (Fsp3) is 0.250. The smallest absolute Gasteiger partial charge is 0.450 e. The minimum atomic E-state index is -5.53. The highest BCUT2D eigenvalue weighted by Crippen LogP contribution is 2.36. The van der Waals surface area contributed by atoms with Gasteiger partial charge in [0.05, 0.1) is 30.2 Å². The third-order valence-electron chi connectivity index (χ3n) is 4.11. The fourth-order valence-corrected chi connectivity index (χ4v) is 2.90. The number of benzene rings is 2. The Hall–Kier alpha value is -3.55. The van der Waals surface area contributed by atoms with Crippen molar-refractivity contribution in [3.05, 3.63) is 52.8 Å². The summed E-state index contributed by atoms with van der Waals surface area (Å²) in [5.74, 6) is -6.65. The maximum Gasteiger partial charge on any atom is 0.471 e. The first kappa shape index (κ1) is 27.7. The third-order valence-corrected chi connectivity index (χ3v) is 4.35. The van der Waals surface area contributed by atoms with Crippen molar-refractivity contribution in [2.45, 2.75) is 25.8 Å². The summed E-state index contributed by atoms with van der Waals surface area (Å²) in [5.41, 5.74) is -2.96. The standard InChI is InChI=1S/C20H15ClF7N3O4/c1-2-35-18(34)30-13-8-15(14(7-12(13)22)29-16(32)19(23,24)25)31(17(33)20(26,27)28)9-10-4-3-5-11(21)6-10/h3-8H,2,9H2,1H3,(H,29,32)(H,30,34). The van der Waals surface area contributed by atoms with Gasteiger partial charge in [0.1, 0.15) is 5.82 Å². The monoisotopic (exact) mass is 529 g/mol. The van der Waals surface area contributed by atoms with E-state index < -0.39 is 59.7 Å². The van der Waals surface area contributed by atoms with Crippen molar-refractivity contribution in [2.24, 2.45) is 0 Å². The highest BCUT2D eigenvalue weighted by molar-refractivity contribution is 6.30. The van der Waals surface area contributed by atoms with Crippen LogP contribution in [0.5, 0.6) is 0 Å². The number of rotatable bonds is 6. The van der Waals surface area contributed by atoms with Gasteiger partial charge >= 0.3 is 30.3 Å². The summed E-state index contributed by atoms with van der Waals surface area (Å²) in [6.45, 7) is 0.317. The lowest BCUT2D eigenvalue weighted by molar-refractivity contribution is -0.170. The minimum Gasteiger partial charge on any atom is -0.450 e. The van der Waals surface area contributed by atoms with Crippen molar-refractivity contribution in [1.29, 1.82) is 0 Å². The molecule has 2 rings (SSSR count). The van der Waals surface area contributed by atoms with Gasteiger partial charge in [-0.3, -0.25) is 19.8 Å². The maximum atomic E-state index is 14.5. The van der Waals surface area contributed by atoms with Gasteiger partial charge in [-0.15, -0.1) is 0 Å². The molecule has 15 heteroatoms. The number of amides is 3. The first-order valence-corrected chi connectivity index (χ1v) is 9.80. The van der Waals surface area contributed by atoms with Gasteiger partial charge in [-0.1, -0.05) is 23.7 Å². The molecular weight excluding hydrogens is 515 g/mol. The number of halogens is 8. The molecule has 0 heterocycles. The Morgan fingerprint density at radius 3 is 2.17 bits per heavy atom. The second kappa shape index (κ2) is 10.8. The lowest BCUT2D eigenvalue weighted by atomic mass is 10.1. The molecule has 0 aromatic heterocycles. The second-order valence-electron chi connectivity index (χ2n) is 6.67. The Bertz CT molecular complexity index is 1120. The second-order valence-corrected chi connectivity index (χ2v) is 7.10. The van der Waals surface area contributed by atoms with E-state index in [-0.39, 0.29) is 28.2 Å². The zero-order chi connectivity index (χ0) is 26.6. The third kappa shape index (κ3) is 7.47. The van der Waals surface area contributed by atoms with E-state index >= 15 is 0 Å². The van der Waals surface area contributed by atoms with Crippen LogP contribution in [0, 0.1) is 5.82 Å². The summed E-state index contributed by atoms with van der Waals surface area (Å²) in [6.07, 6.45) is -12.3. The predicted octanol–water partition coefficient (Wildman–Crippen LogP) is 5.64. The number of ether oxygens (including phenoxy) is 1. The molecule has 190 valence electrons.